The fourth-order valence-corrected chi connectivity index (χ4v) is 3.19. The van der Waals surface area contributed by atoms with Crippen molar-refractivity contribution in [2.24, 2.45) is 0 Å². The minimum atomic E-state index is -3.83. The maximum Gasteiger partial charge on any atom is 0.245 e. The highest BCUT2D eigenvalue weighted by atomic mass is 79.9. The van der Waals surface area contributed by atoms with Crippen molar-refractivity contribution in [3.63, 3.8) is 0 Å². The molecular weight excluding hydrogens is 332 g/mol. The summed E-state index contributed by atoms with van der Waals surface area (Å²) in [4.78, 5) is -0.0565. The van der Waals surface area contributed by atoms with Crippen LogP contribution in [0.25, 0.3) is 0 Å². The SMILES string of the molecule is C#CC(C)(C)NS(=O)(=O)c1cc(N)c(Br)cc1OC. The molecule has 0 radical (unpaired) electrons. The van der Waals surface area contributed by atoms with Crippen molar-refractivity contribution in [2.45, 2.75) is 24.3 Å². The number of sulfonamides is 1. The van der Waals surface area contributed by atoms with Crippen molar-refractivity contribution in [3.8, 4) is 18.1 Å². The Kier molecular flexibility index (Phi) is 4.50. The zero-order valence-corrected chi connectivity index (χ0v) is 13.2. The molecule has 0 aliphatic carbocycles. The molecule has 7 heteroatoms. The van der Waals surface area contributed by atoms with Gasteiger partial charge in [-0.05, 0) is 41.9 Å². The second kappa shape index (κ2) is 5.41. The molecular formula is C12H15BrN2O3S. The Morgan fingerprint density at radius 2 is 2.05 bits per heavy atom. The lowest BCUT2D eigenvalue weighted by atomic mass is 10.1. The molecule has 19 heavy (non-hydrogen) atoms. The first-order valence-electron chi connectivity index (χ1n) is 5.27. The van der Waals surface area contributed by atoms with Crippen LogP contribution in [0.4, 0.5) is 5.69 Å². The number of halogens is 1. The number of nitrogens with one attached hydrogen (secondary N) is 1. The molecule has 0 fully saturated rings. The molecule has 1 rings (SSSR count). The van der Waals surface area contributed by atoms with Gasteiger partial charge in [0.25, 0.3) is 0 Å². The lowest BCUT2D eigenvalue weighted by Crippen LogP contribution is -2.42. The first kappa shape index (κ1) is 15.8. The van der Waals surface area contributed by atoms with Crippen LogP contribution >= 0.6 is 15.9 Å². The van der Waals surface area contributed by atoms with E-state index < -0.39 is 15.6 Å². The highest BCUT2D eigenvalue weighted by molar-refractivity contribution is 9.10. The van der Waals surface area contributed by atoms with E-state index in [9.17, 15) is 8.42 Å². The number of anilines is 1. The molecule has 0 unspecified atom stereocenters. The quantitative estimate of drug-likeness (QED) is 0.642. The maximum atomic E-state index is 12.3. The van der Waals surface area contributed by atoms with Gasteiger partial charge in [0.2, 0.25) is 10.0 Å². The average molecular weight is 347 g/mol. The van der Waals surface area contributed by atoms with Crippen molar-refractivity contribution in [2.75, 3.05) is 12.8 Å². The van der Waals surface area contributed by atoms with Gasteiger partial charge >= 0.3 is 0 Å². The molecule has 0 atom stereocenters. The number of terminal acetylenes is 1. The van der Waals surface area contributed by atoms with E-state index >= 15 is 0 Å². The summed E-state index contributed by atoms with van der Waals surface area (Å²) in [6, 6.07) is 2.81. The van der Waals surface area contributed by atoms with Gasteiger partial charge in [0, 0.05) is 10.2 Å². The number of rotatable bonds is 4. The Morgan fingerprint density at radius 1 is 1.47 bits per heavy atom. The normalized spacial score (nSPS) is 11.9. The van der Waals surface area contributed by atoms with E-state index in [0.29, 0.717) is 10.2 Å². The molecule has 1 aromatic rings. The van der Waals surface area contributed by atoms with E-state index in [4.69, 9.17) is 16.9 Å². The Bertz CT molecular complexity index is 633. The van der Waals surface area contributed by atoms with Gasteiger partial charge in [-0.3, -0.25) is 0 Å². The molecule has 0 saturated carbocycles. The second-order valence-corrected chi connectivity index (χ2v) is 6.90. The van der Waals surface area contributed by atoms with Gasteiger partial charge in [-0.1, -0.05) is 5.92 Å². The highest BCUT2D eigenvalue weighted by Gasteiger charge is 2.27. The van der Waals surface area contributed by atoms with Gasteiger partial charge in [0.1, 0.15) is 10.6 Å². The average Bonchev–Trinajstić information content (AvgIpc) is 2.30. The van der Waals surface area contributed by atoms with E-state index in [1.165, 1.54) is 19.2 Å². The van der Waals surface area contributed by atoms with Crippen molar-refractivity contribution in [1.29, 1.82) is 0 Å². The van der Waals surface area contributed by atoms with Crippen molar-refractivity contribution in [3.05, 3.63) is 16.6 Å². The van der Waals surface area contributed by atoms with Crippen LogP contribution in [0, 0.1) is 12.3 Å². The number of nitrogens with two attached hydrogens (primary N) is 1. The monoisotopic (exact) mass is 346 g/mol. The van der Waals surface area contributed by atoms with Gasteiger partial charge < -0.3 is 10.5 Å². The fraction of sp³-hybridized carbons (Fsp3) is 0.333. The topological polar surface area (TPSA) is 81.4 Å². The lowest BCUT2D eigenvalue weighted by Gasteiger charge is -2.20. The third-order valence-corrected chi connectivity index (χ3v) is 4.69. The summed E-state index contributed by atoms with van der Waals surface area (Å²) in [5, 5.41) is 0. The molecule has 5 nitrogen and oxygen atoms in total. The largest absolute Gasteiger partial charge is 0.495 e. The van der Waals surface area contributed by atoms with Gasteiger partial charge in [0.15, 0.2) is 0 Å². The number of ether oxygens (including phenoxy) is 1. The van der Waals surface area contributed by atoms with Gasteiger partial charge in [-0.15, -0.1) is 6.42 Å². The molecule has 0 aliphatic heterocycles. The summed E-state index contributed by atoms with van der Waals surface area (Å²) in [6.45, 7) is 3.17. The summed E-state index contributed by atoms with van der Waals surface area (Å²) in [5.74, 6) is 2.54. The van der Waals surface area contributed by atoms with E-state index in [-0.39, 0.29) is 10.6 Å². The van der Waals surface area contributed by atoms with Crippen molar-refractivity contribution in [1.82, 2.24) is 4.72 Å². The summed E-state index contributed by atoms with van der Waals surface area (Å²) in [5.41, 5.74) is 4.99. The zero-order valence-electron chi connectivity index (χ0n) is 10.8. The van der Waals surface area contributed by atoms with Gasteiger partial charge in [0.05, 0.1) is 12.6 Å². The van der Waals surface area contributed by atoms with Crippen molar-refractivity contribution < 1.29 is 13.2 Å². The molecule has 104 valence electrons. The summed E-state index contributed by atoms with van der Waals surface area (Å²) >= 11 is 3.21. The lowest BCUT2D eigenvalue weighted by molar-refractivity contribution is 0.401. The van der Waals surface area contributed by atoms with E-state index in [1.807, 2.05) is 0 Å². The number of benzene rings is 1. The minimum absolute atomic E-state index is 0.0565. The van der Waals surface area contributed by atoms with Crippen LogP contribution in [0.2, 0.25) is 0 Å². The van der Waals surface area contributed by atoms with Crippen LogP contribution < -0.4 is 15.2 Å². The van der Waals surface area contributed by atoms with Crippen LogP contribution in [0.3, 0.4) is 0 Å². The van der Waals surface area contributed by atoms with Crippen molar-refractivity contribution >= 4 is 31.6 Å². The Morgan fingerprint density at radius 3 is 2.53 bits per heavy atom. The maximum absolute atomic E-state index is 12.3. The minimum Gasteiger partial charge on any atom is -0.495 e. The highest BCUT2D eigenvalue weighted by Crippen LogP contribution is 2.32. The Balaban J connectivity index is 3.38. The Hall–Kier alpha value is -1.23. The van der Waals surface area contributed by atoms with Crippen LogP contribution in [0.5, 0.6) is 5.75 Å². The molecule has 0 amide bonds. The van der Waals surface area contributed by atoms with Gasteiger partial charge in [-0.25, -0.2) is 8.42 Å². The molecule has 0 spiro atoms. The number of hydrogen-bond donors (Lipinski definition) is 2. The third kappa shape index (κ3) is 3.62. The number of nitrogen functional groups attached to an aromatic ring is 1. The smallest absolute Gasteiger partial charge is 0.245 e. The molecule has 0 aliphatic rings. The molecule has 0 saturated heterocycles. The summed E-state index contributed by atoms with van der Waals surface area (Å²) in [6.07, 6.45) is 5.28. The van der Waals surface area contributed by atoms with Crippen LogP contribution in [-0.2, 0) is 10.0 Å². The number of methoxy groups -OCH3 is 1. The van der Waals surface area contributed by atoms with E-state index in [0.717, 1.165) is 0 Å². The molecule has 3 N–H and O–H groups in total. The molecule has 0 heterocycles. The predicted molar refractivity (Wildman–Crippen MR) is 78.3 cm³/mol. The first-order valence-corrected chi connectivity index (χ1v) is 7.55. The van der Waals surface area contributed by atoms with Crippen LogP contribution in [0.1, 0.15) is 13.8 Å². The van der Waals surface area contributed by atoms with E-state index in [2.05, 4.69) is 26.6 Å². The first-order chi connectivity index (χ1) is 8.63. The fourth-order valence-electron chi connectivity index (χ4n) is 1.34. The van der Waals surface area contributed by atoms with Gasteiger partial charge in [-0.2, -0.15) is 4.72 Å². The molecule has 0 aromatic heterocycles. The predicted octanol–water partition coefficient (Wildman–Crippen LogP) is 1.73. The summed E-state index contributed by atoms with van der Waals surface area (Å²) in [7, 11) is -2.45. The van der Waals surface area contributed by atoms with Crippen LogP contribution in [-0.4, -0.2) is 21.1 Å². The molecule has 0 bridgehead atoms. The molecule has 1 aromatic carbocycles. The Labute approximate surface area is 121 Å². The zero-order chi connectivity index (χ0) is 14.8. The standard InChI is InChI=1S/C12H15BrN2O3S/c1-5-12(2,3)15-19(16,17)11-7-9(14)8(13)6-10(11)18-4/h1,6-7,15H,14H2,2-4H3. The number of hydrogen-bond acceptors (Lipinski definition) is 4. The summed E-state index contributed by atoms with van der Waals surface area (Å²) < 4.78 is 32.6. The van der Waals surface area contributed by atoms with Crippen LogP contribution in [0.15, 0.2) is 21.5 Å². The second-order valence-electron chi connectivity index (χ2n) is 4.40. The van der Waals surface area contributed by atoms with E-state index in [1.54, 1.807) is 13.8 Å². The third-order valence-electron chi connectivity index (χ3n) is 2.32.